The van der Waals surface area contributed by atoms with Gasteiger partial charge in [-0.2, -0.15) is 5.10 Å². The van der Waals surface area contributed by atoms with Gasteiger partial charge in [0.05, 0.1) is 12.7 Å². The van der Waals surface area contributed by atoms with Gasteiger partial charge >= 0.3 is 0 Å². The van der Waals surface area contributed by atoms with Crippen LogP contribution in [0.5, 0.6) is 5.75 Å². The van der Waals surface area contributed by atoms with E-state index in [4.69, 9.17) is 16.3 Å². The Morgan fingerprint density at radius 2 is 1.96 bits per heavy atom. The first-order chi connectivity index (χ1) is 13.4. The summed E-state index contributed by atoms with van der Waals surface area (Å²) in [6, 6.07) is 16.9. The number of benzene rings is 2. The number of ether oxygens (including phenoxy) is 1. The van der Waals surface area contributed by atoms with Crippen molar-refractivity contribution in [3.05, 3.63) is 71.4 Å². The second-order valence-corrected chi connectivity index (χ2v) is 7.08. The zero-order chi connectivity index (χ0) is 20.1. The van der Waals surface area contributed by atoms with Crippen molar-refractivity contribution in [1.29, 1.82) is 0 Å². The van der Waals surface area contributed by atoms with Crippen molar-refractivity contribution in [1.82, 2.24) is 9.78 Å². The van der Waals surface area contributed by atoms with E-state index in [9.17, 15) is 4.79 Å². The fraction of sp³-hybridized carbons (Fsp3) is 0.238. The summed E-state index contributed by atoms with van der Waals surface area (Å²) in [6.07, 6.45) is 0.980. The molecule has 0 fully saturated rings. The zero-order valence-electron chi connectivity index (χ0n) is 16.1. The lowest BCUT2D eigenvalue weighted by molar-refractivity contribution is -0.122. The molecule has 28 heavy (non-hydrogen) atoms. The minimum absolute atomic E-state index is 0.260. The largest absolute Gasteiger partial charge is 0.481 e. The van der Waals surface area contributed by atoms with E-state index in [1.54, 1.807) is 48.1 Å². The van der Waals surface area contributed by atoms with Crippen LogP contribution in [0.25, 0.3) is 0 Å². The van der Waals surface area contributed by atoms with Crippen LogP contribution < -0.4 is 15.0 Å². The highest BCUT2D eigenvalue weighted by Gasteiger charge is 2.17. The first kappa shape index (κ1) is 19.8. The molecule has 0 radical (unpaired) electrons. The van der Waals surface area contributed by atoms with Crippen molar-refractivity contribution in [3.8, 4) is 5.75 Å². The molecule has 0 aliphatic heterocycles. The molecule has 3 aromatic rings. The van der Waals surface area contributed by atoms with Gasteiger partial charge in [0.25, 0.3) is 5.91 Å². The Morgan fingerprint density at radius 1 is 1.21 bits per heavy atom. The van der Waals surface area contributed by atoms with E-state index in [0.29, 0.717) is 23.1 Å². The topological polar surface area (TPSA) is 59.4 Å². The van der Waals surface area contributed by atoms with E-state index >= 15 is 0 Å². The van der Waals surface area contributed by atoms with E-state index in [1.807, 2.05) is 31.1 Å². The number of carbonyl (C=O) groups excluding carboxylic acids is 1. The third kappa shape index (κ3) is 5.04. The number of carbonyl (C=O) groups is 1. The summed E-state index contributed by atoms with van der Waals surface area (Å²) in [4.78, 5) is 14.6. The summed E-state index contributed by atoms with van der Waals surface area (Å²) in [7, 11) is 4.01. The number of hydrogen-bond acceptors (Lipinski definition) is 4. The quantitative estimate of drug-likeness (QED) is 0.652. The van der Waals surface area contributed by atoms with Crippen molar-refractivity contribution in [3.63, 3.8) is 0 Å². The van der Waals surface area contributed by atoms with Crippen LogP contribution in [-0.2, 0) is 11.3 Å². The summed E-state index contributed by atoms with van der Waals surface area (Å²) < 4.78 is 7.41. The molecule has 6 nitrogen and oxygen atoms in total. The van der Waals surface area contributed by atoms with E-state index < -0.39 is 6.10 Å². The maximum absolute atomic E-state index is 12.5. The lowest BCUT2D eigenvalue weighted by Crippen LogP contribution is -2.31. The molecule has 146 valence electrons. The Morgan fingerprint density at radius 3 is 2.64 bits per heavy atom. The number of aromatic nitrogens is 2. The Bertz CT molecular complexity index is 938. The Hall–Kier alpha value is -2.99. The van der Waals surface area contributed by atoms with Crippen molar-refractivity contribution in [2.24, 2.45) is 0 Å². The van der Waals surface area contributed by atoms with Crippen LogP contribution in [0.4, 0.5) is 11.5 Å². The standard InChI is InChI=1S/C21H23ClN4O2/c1-15(28-19-6-4-5-17(22)13-19)21(27)24-20-11-12-23-26(20)14-16-7-9-18(10-8-16)25(2)3/h4-13,15H,14H2,1-3H3,(H,24,27). The Balaban J connectivity index is 1.63. The average molecular weight is 399 g/mol. The van der Waals surface area contributed by atoms with Crippen LogP contribution in [0.2, 0.25) is 5.02 Å². The van der Waals surface area contributed by atoms with Crippen LogP contribution in [0.1, 0.15) is 12.5 Å². The van der Waals surface area contributed by atoms with Gasteiger partial charge in [0, 0.05) is 30.9 Å². The monoisotopic (exact) mass is 398 g/mol. The molecular weight excluding hydrogens is 376 g/mol. The molecule has 1 N–H and O–H groups in total. The molecule has 0 saturated heterocycles. The van der Waals surface area contributed by atoms with Gasteiger partial charge in [-0.15, -0.1) is 0 Å². The normalized spacial score (nSPS) is 11.7. The molecule has 0 spiro atoms. The summed E-state index contributed by atoms with van der Waals surface area (Å²) in [5.74, 6) is 0.901. The second-order valence-electron chi connectivity index (χ2n) is 6.64. The van der Waals surface area contributed by atoms with Gasteiger partial charge in [-0.3, -0.25) is 4.79 Å². The molecule has 0 saturated carbocycles. The highest BCUT2D eigenvalue weighted by Crippen LogP contribution is 2.19. The molecule has 1 unspecified atom stereocenters. The summed E-state index contributed by atoms with van der Waals surface area (Å²) >= 11 is 5.95. The van der Waals surface area contributed by atoms with Crippen molar-refractivity contribution in [2.45, 2.75) is 19.6 Å². The number of hydrogen-bond donors (Lipinski definition) is 1. The van der Waals surface area contributed by atoms with E-state index in [1.165, 1.54) is 0 Å². The van der Waals surface area contributed by atoms with Crippen molar-refractivity contribution >= 4 is 29.0 Å². The molecule has 0 aliphatic carbocycles. The van der Waals surface area contributed by atoms with E-state index in [-0.39, 0.29) is 5.91 Å². The molecule has 0 bridgehead atoms. The van der Waals surface area contributed by atoms with Gasteiger partial charge in [0.1, 0.15) is 11.6 Å². The second kappa shape index (κ2) is 8.80. The molecule has 3 rings (SSSR count). The summed E-state index contributed by atoms with van der Waals surface area (Å²) in [5, 5.41) is 7.74. The highest BCUT2D eigenvalue weighted by atomic mass is 35.5. The van der Waals surface area contributed by atoms with Gasteiger partial charge in [0.15, 0.2) is 6.10 Å². The first-order valence-corrected chi connectivity index (χ1v) is 9.31. The van der Waals surface area contributed by atoms with Gasteiger partial charge in [-0.25, -0.2) is 4.68 Å². The first-order valence-electron chi connectivity index (χ1n) is 8.93. The molecule has 7 heteroatoms. The molecule has 1 aromatic heterocycles. The van der Waals surface area contributed by atoms with E-state index in [0.717, 1.165) is 11.3 Å². The number of halogens is 1. The molecule has 1 heterocycles. The number of nitrogens with zero attached hydrogens (tertiary/aromatic N) is 3. The summed E-state index contributed by atoms with van der Waals surface area (Å²) in [6.45, 7) is 2.25. The van der Waals surface area contributed by atoms with Gasteiger partial charge in [0.2, 0.25) is 0 Å². The fourth-order valence-electron chi connectivity index (χ4n) is 2.66. The maximum Gasteiger partial charge on any atom is 0.266 e. The zero-order valence-corrected chi connectivity index (χ0v) is 16.8. The van der Waals surface area contributed by atoms with Crippen molar-refractivity contribution < 1.29 is 9.53 Å². The lowest BCUT2D eigenvalue weighted by Gasteiger charge is -2.16. The molecule has 1 atom stereocenters. The Labute approximate surface area is 169 Å². The maximum atomic E-state index is 12.5. The highest BCUT2D eigenvalue weighted by molar-refractivity contribution is 6.30. The number of anilines is 2. The Kier molecular flexibility index (Phi) is 6.21. The number of rotatable bonds is 7. The minimum atomic E-state index is -0.679. The molecule has 1 amide bonds. The average Bonchev–Trinajstić information content (AvgIpc) is 3.08. The third-order valence-corrected chi connectivity index (χ3v) is 4.47. The van der Waals surface area contributed by atoms with Crippen LogP contribution >= 0.6 is 11.6 Å². The lowest BCUT2D eigenvalue weighted by atomic mass is 10.2. The van der Waals surface area contributed by atoms with Crippen LogP contribution in [-0.4, -0.2) is 35.9 Å². The van der Waals surface area contributed by atoms with Crippen LogP contribution in [0.15, 0.2) is 60.8 Å². The fourth-order valence-corrected chi connectivity index (χ4v) is 2.84. The van der Waals surface area contributed by atoms with Crippen molar-refractivity contribution in [2.75, 3.05) is 24.3 Å². The number of nitrogens with one attached hydrogen (secondary N) is 1. The van der Waals surface area contributed by atoms with Gasteiger partial charge in [-0.05, 0) is 42.8 Å². The van der Waals surface area contributed by atoms with Gasteiger partial charge < -0.3 is 15.0 Å². The molecular formula is C21H23ClN4O2. The summed E-state index contributed by atoms with van der Waals surface area (Å²) in [5.41, 5.74) is 2.22. The molecule has 0 aliphatic rings. The molecule has 2 aromatic carbocycles. The van der Waals surface area contributed by atoms with Gasteiger partial charge in [-0.1, -0.05) is 29.8 Å². The third-order valence-electron chi connectivity index (χ3n) is 4.23. The minimum Gasteiger partial charge on any atom is -0.481 e. The van der Waals surface area contributed by atoms with Crippen LogP contribution in [0, 0.1) is 0 Å². The predicted octanol–water partition coefficient (Wildman–Crippen LogP) is 4.06. The number of amides is 1. The smallest absolute Gasteiger partial charge is 0.266 e. The SMILES string of the molecule is CC(Oc1cccc(Cl)c1)C(=O)Nc1ccnn1Cc1ccc(N(C)C)cc1. The van der Waals surface area contributed by atoms with E-state index in [2.05, 4.69) is 22.5 Å². The van der Waals surface area contributed by atoms with Crippen LogP contribution in [0.3, 0.4) is 0 Å². The predicted molar refractivity (Wildman–Crippen MR) is 112 cm³/mol.